The summed E-state index contributed by atoms with van der Waals surface area (Å²) >= 11 is 7.27. The summed E-state index contributed by atoms with van der Waals surface area (Å²) in [5.74, 6) is 0.796. The number of nitrogens with zero attached hydrogens (tertiary/aromatic N) is 1. The molecule has 0 atom stereocenters. The minimum absolute atomic E-state index is 0.216. The third-order valence-corrected chi connectivity index (χ3v) is 4.08. The number of carbonyl (C=O) groups excluding carboxylic acids is 1. The maximum absolute atomic E-state index is 11.9. The second-order valence-corrected chi connectivity index (χ2v) is 7.11. The van der Waals surface area contributed by atoms with Gasteiger partial charge in [0.25, 0.3) is 0 Å². The number of thiocarbonyl (C=S) groups is 1. The number of benzene rings is 1. The fourth-order valence-electron chi connectivity index (χ4n) is 1.91. The Morgan fingerprint density at radius 2 is 1.92 bits per heavy atom. The quantitative estimate of drug-likeness (QED) is 0.413. The summed E-state index contributed by atoms with van der Waals surface area (Å²) in [5, 5.41) is 5.68. The number of pyridine rings is 1. The topological polar surface area (TPSA) is 54.0 Å². The molecule has 2 aromatic rings. The van der Waals surface area contributed by atoms with Crippen LogP contribution >= 0.6 is 34.8 Å². The van der Waals surface area contributed by atoms with Crippen molar-refractivity contribution in [1.29, 1.82) is 0 Å². The van der Waals surface area contributed by atoms with E-state index in [0.717, 1.165) is 9.13 Å². The van der Waals surface area contributed by atoms with E-state index in [4.69, 9.17) is 12.2 Å². The Balaban J connectivity index is 1.87. The molecular formula is C18H18IN3OS. The first-order valence-corrected chi connectivity index (χ1v) is 8.94. The van der Waals surface area contributed by atoms with Gasteiger partial charge in [0.2, 0.25) is 5.91 Å². The van der Waals surface area contributed by atoms with Crippen molar-refractivity contribution >= 4 is 57.7 Å². The minimum Gasteiger partial charge on any atom is -0.317 e. The lowest BCUT2D eigenvalue weighted by atomic mass is 10.0. The van der Waals surface area contributed by atoms with E-state index in [0.29, 0.717) is 11.7 Å². The van der Waals surface area contributed by atoms with Gasteiger partial charge in [0.1, 0.15) is 5.82 Å². The Hall–Kier alpha value is -1.80. The van der Waals surface area contributed by atoms with Crippen LogP contribution in [0.3, 0.4) is 0 Å². The van der Waals surface area contributed by atoms with Crippen molar-refractivity contribution in [3.05, 3.63) is 63.4 Å². The number of hydrogen-bond acceptors (Lipinski definition) is 3. The van der Waals surface area contributed by atoms with Crippen molar-refractivity contribution in [3.63, 3.8) is 0 Å². The van der Waals surface area contributed by atoms with Gasteiger partial charge >= 0.3 is 0 Å². The Labute approximate surface area is 160 Å². The highest BCUT2D eigenvalue weighted by Crippen LogP contribution is 2.15. The number of rotatable bonds is 4. The van der Waals surface area contributed by atoms with Crippen molar-refractivity contribution in [1.82, 2.24) is 10.3 Å². The van der Waals surface area contributed by atoms with Crippen LogP contribution in [0.5, 0.6) is 0 Å². The smallest absolute Gasteiger partial charge is 0.250 e. The molecule has 2 N–H and O–H groups in total. The fourth-order valence-corrected chi connectivity index (χ4v) is 2.44. The Morgan fingerprint density at radius 1 is 1.21 bits per heavy atom. The van der Waals surface area contributed by atoms with Gasteiger partial charge in [0.15, 0.2) is 5.11 Å². The number of halogens is 1. The third kappa shape index (κ3) is 6.01. The van der Waals surface area contributed by atoms with Crippen LogP contribution in [0.15, 0.2) is 48.7 Å². The molecule has 0 unspecified atom stereocenters. The van der Waals surface area contributed by atoms with E-state index >= 15 is 0 Å². The third-order valence-electron chi connectivity index (χ3n) is 3.24. The van der Waals surface area contributed by atoms with Gasteiger partial charge in [-0.15, -0.1) is 0 Å². The molecule has 6 heteroatoms. The zero-order valence-electron chi connectivity index (χ0n) is 13.4. The number of aromatic nitrogens is 1. The minimum atomic E-state index is -0.286. The average Bonchev–Trinajstić information content (AvgIpc) is 2.55. The van der Waals surface area contributed by atoms with Crippen LogP contribution < -0.4 is 10.6 Å². The summed E-state index contributed by atoms with van der Waals surface area (Å²) in [6, 6.07) is 11.8. The summed E-state index contributed by atoms with van der Waals surface area (Å²) in [4.78, 5) is 16.1. The van der Waals surface area contributed by atoms with E-state index in [-0.39, 0.29) is 11.0 Å². The number of amides is 1. The molecule has 0 bridgehead atoms. The Kier molecular flexibility index (Phi) is 6.86. The first-order chi connectivity index (χ1) is 11.4. The lowest BCUT2D eigenvalue weighted by Crippen LogP contribution is -2.33. The maximum atomic E-state index is 11.9. The van der Waals surface area contributed by atoms with Crippen LogP contribution in [0.25, 0.3) is 6.08 Å². The van der Waals surface area contributed by atoms with Crippen LogP contribution in [-0.4, -0.2) is 16.0 Å². The van der Waals surface area contributed by atoms with Gasteiger partial charge in [-0.2, -0.15) is 0 Å². The van der Waals surface area contributed by atoms with Gasteiger partial charge in [-0.3, -0.25) is 10.1 Å². The molecule has 1 amide bonds. The zero-order valence-corrected chi connectivity index (χ0v) is 16.4. The molecule has 0 aliphatic heterocycles. The van der Waals surface area contributed by atoms with Gasteiger partial charge in [0.05, 0.1) is 0 Å². The van der Waals surface area contributed by atoms with Gasteiger partial charge in [-0.25, -0.2) is 4.98 Å². The van der Waals surface area contributed by atoms with Crippen molar-refractivity contribution in [2.24, 2.45) is 0 Å². The number of carbonyl (C=O) groups is 1. The van der Waals surface area contributed by atoms with Gasteiger partial charge in [-0.05, 0) is 70.1 Å². The van der Waals surface area contributed by atoms with Crippen LogP contribution in [0.2, 0.25) is 0 Å². The van der Waals surface area contributed by atoms with E-state index in [2.05, 4.69) is 64.2 Å². The van der Waals surface area contributed by atoms with E-state index in [1.165, 1.54) is 11.6 Å². The van der Waals surface area contributed by atoms with E-state index in [1.807, 2.05) is 18.2 Å². The molecule has 2 rings (SSSR count). The highest BCUT2D eigenvalue weighted by molar-refractivity contribution is 14.1. The largest absolute Gasteiger partial charge is 0.317 e. The molecule has 4 nitrogen and oxygen atoms in total. The highest BCUT2D eigenvalue weighted by atomic mass is 127. The second kappa shape index (κ2) is 8.89. The second-order valence-electron chi connectivity index (χ2n) is 5.46. The fraction of sp³-hybridized carbons (Fsp3) is 0.167. The summed E-state index contributed by atoms with van der Waals surface area (Å²) in [6.45, 7) is 4.30. The monoisotopic (exact) mass is 451 g/mol. The lowest BCUT2D eigenvalue weighted by molar-refractivity contribution is -0.115. The summed E-state index contributed by atoms with van der Waals surface area (Å²) in [6.07, 6.45) is 4.93. The predicted octanol–water partition coefficient (Wildman–Crippen LogP) is 4.34. The Bertz CT molecular complexity index is 740. The molecule has 0 saturated carbocycles. The summed E-state index contributed by atoms with van der Waals surface area (Å²) in [7, 11) is 0. The molecule has 0 aliphatic carbocycles. The summed E-state index contributed by atoms with van der Waals surface area (Å²) < 4.78 is 1.03. The van der Waals surface area contributed by atoms with Gasteiger partial charge in [0, 0.05) is 15.8 Å². The van der Waals surface area contributed by atoms with Crippen molar-refractivity contribution in [2.45, 2.75) is 19.8 Å². The predicted molar refractivity (Wildman–Crippen MR) is 111 cm³/mol. The molecule has 0 saturated heterocycles. The molecular weight excluding hydrogens is 433 g/mol. The molecule has 1 heterocycles. The zero-order chi connectivity index (χ0) is 17.5. The van der Waals surface area contributed by atoms with Crippen molar-refractivity contribution in [3.8, 4) is 0 Å². The van der Waals surface area contributed by atoms with Crippen LogP contribution in [0.4, 0.5) is 5.82 Å². The van der Waals surface area contributed by atoms with Crippen LogP contribution in [0.1, 0.15) is 30.9 Å². The molecule has 1 aromatic carbocycles. The SMILES string of the molecule is CC(C)c1ccc(C=CC(=O)NC(=S)Nc2ccc(I)cn2)cc1. The molecule has 0 radical (unpaired) electrons. The first-order valence-electron chi connectivity index (χ1n) is 7.45. The van der Waals surface area contributed by atoms with Crippen molar-refractivity contribution < 1.29 is 4.79 Å². The standard InChI is InChI=1S/C18H18IN3OS/c1-12(2)14-6-3-13(4-7-14)5-10-17(23)22-18(24)21-16-9-8-15(19)11-20-16/h3-12H,1-2H3,(H2,20,21,22,23,24). The van der Waals surface area contributed by atoms with Crippen LogP contribution in [-0.2, 0) is 4.79 Å². The van der Waals surface area contributed by atoms with Gasteiger partial charge < -0.3 is 5.32 Å². The highest BCUT2D eigenvalue weighted by Gasteiger charge is 2.03. The van der Waals surface area contributed by atoms with Crippen molar-refractivity contribution in [2.75, 3.05) is 5.32 Å². The molecule has 1 aromatic heterocycles. The van der Waals surface area contributed by atoms with Gasteiger partial charge in [-0.1, -0.05) is 38.1 Å². The van der Waals surface area contributed by atoms with E-state index < -0.39 is 0 Å². The summed E-state index contributed by atoms with van der Waals surface area (Å²) in [5.41, 5.74) is 2.24. The van der Waals surface area contributed by atoms with Crippen LogP contribution in [0, 0.1) is 3.57 Å². The molecule has 0 spiro atoms. The number of anilines is 1. The van der Waals surface area contributed by atoms with E-state index in [1.54, 1.807) is 18.3 Å². The Morgan fingerprint density at radius 3 is 2.50 bits per heavy atom. The number of hydrogen-bond donors (Lipinski definition) is 2. The number of nitrogens with one attached hydrogen (secondary N) is 2. The molecule has 124 valence electrons. The normalized spacial score (nSPS) is 10.8. The molecule has 24 heavy (non-hydrogen) atoms. The average molecular weight is 451 g/mol. The lowest BCUT2D eigenvalue weighted by Gasteiger charge is -2.07. The van der Waals surface area contributed by atoms with E-state index in [9.17, 15) is 4.79 Å². The molecule has 0 fully saturated rings. The first kappa shape index (κ1) is 18.5. The molecule has 0 aliphatic rings. The maximum Gasteiger partial charge on any atom is 0.250 e.